The fraction of sp³-hybridized carbons (Fsp3) is 0.154. The average Bonchev–Trinajstić information content (AvgIpc) is 2.38. The highest BCUT2D eigenvalue weighted by atomic mass is 16.3. The van der Waals surface area contributed by atoms with E-state index in [-0.39, 0.29) is 12.4 Å². The van der Waals surface area contributed by atoms with Gasteiger partial charge in [-0.3, -0.25) is 4.98 Å². The van der Waals surface area contributed by atoms with Crippen molar-refractivity contribution < 1.29 is 10.2 Å². The molecule has 3 N–H and O–H groups in total. The Balaban J connectivity index is 1.99. The van der Waals surface area contributed by atoms with Crippen molar-refractivity contribution in [1.29, 1.82) is 0 Å². The predicted octanol–water partition coefficient (Wildman–Crippen LogP) is 1.89. The first kappa shape index (κ1) is 11.4. The third-order valence-corrected chi connectivity index (χ3v) is 2.39. The lowest BCUT2D eigenvalue weighted by molar-refractivity contribution is 0.282. The number of nitrogens with one attached hydrogen (secondary N) is 1. The lowest BCUT2D eigenvalue weighted by atomic mass is 10.2. The average molecular weight is 230 g/mol. The van der Waals surface area contributed by atoms with Gasteiger partial charge in [-0.1, -0.05) is 12.1 Å². The molecule has 0 spiro atoms. The molecule has 88 valence electrons. The molecule has 1 aromatic heterocycles. The number of pyridine rings is 1. The largest absolute Gasteiger partial charge is 0.506 e. The quantitative estimate of drug-likeness (QED) is 0.750. The van der Waals surface area contributed by atoms with E-state index >= 15 is 0 Å². The Morgan fingerprint density at radius 2 is 2.06 bits per heavy atom. The third kappa shape index (κ3) is 3.19. The third-order valence-electron chi connectivity index (χ3n) is 2.39. The summed E-state index contributed by atoms with van der Waals surface area (Å²) < 4.78 is 0. The van der Waals surface area contributed by atoms with Crippen molar-refractivity contribution in [3.8, 4) is 5.75 Å². The fourth-order valence-electron chi connectivity index (χ4n) is 1.49. The standard InChI is InChI=1S/C13H14N2O2/c16-9-10-2-1-3-11(6-10)14-7-12-4-5-13(17)8-15-12/h1-6,8,14,16-17H,7,9H2. The van der Waals surface area contributed by atoms with Gasteiger partial charge in [0.1, 0.15) is 5.75 Å². The van der Waals surface area contributed by atoms with Crippen molar-refractivity contribution in [2.75, 3.05) is 5.32 Å². The second-order valence-corrected chi connectivity index (χ2v) is 3.72. The van der Waals surface area contributed by atoms with Crippen molar-refractivity contribution in [3.05, 3.63) is 53.9 Å². The summed E-state index contributed by atoms with van der Waals surface area (Å²) in [5.41, 5.74) is 2.65. The smallest absolute Gasteiger partial charge is 0.133 e. The lowest BCUT2D eigenvalue weighted by Gasteiger charge is -2.07. The molecule has 0 aliphatic carbocycles. The van der Waals surface area contributed by atoms with Gasteiger partial charge in [0.2, 0.25) is 0 Å². The van der Waals surface area contributed by atoms with Gasteiger partial charge in [0, 0.05) is 5.69 Å². The SMILES string of the molecule is OCc1cccc(NCc2ccc(O)cn2)c1. The number of rotatable bonds is 4. The van der Waals surface area contributed by atoms with Crippen LogP contribution in [0.4, 0.5) is 5.69 Å². The zero-order chi connectivity index (χ0) is 12.1. The zero-order valence-electron chi connectivity index (χ0n) is 9.30. The molecule has 0 aliphatic heterocycles. The molecule has 4 heteroatoms. The lowest BCUT2D eigenvalue weighted by Crippen LogP contribution is -2.01. The summed E-state index contributed by atoms with van der Waals surface area (Å²) in [5.74, 6) is 0.163. The van der Waals surface area contributed by atoms with Gasteiger partial charge in [-0.05, 0) is 29.8 Å². The monoisotopic (exact) mass is 230 g/mol. The topological polar surface area (TPSA) is 65.4 Å². The van der Waals surface area contributed by atoms with Crippen molar-refractivity contribution in [1.82, 2.24) is 4.98 Å². The number of hydrogen-bond donors (Lipinski definition) is 3. The Labute approximate surface area is 99.6 Å². The number of benzene rings is 1. The van der Waals surface area contributed by atoms with E-state index in [0.717, 1.165) is 16.9 Å². The first-order valence-corrected chi connectivity index (χ1v) is 5.35. The molecule has 1 aromatic carbocycles. The Morgan fingerprint density at radius 1 is 1.18 bits per heavy atom. The van der Waals surface area contributed by atoms with Crippen LogP contribution < -0.4 is 5.32 Å². The molecule has 0 radical (unpaired) electrons. The van der Waals surface area contributed by atoms with Gasteiger partial charge < -0.3 is 15.5 Å². The van der Waals surface area contributed by atoms with Crippen LogP contribution >= 0.6 is 0 Å². The number of aromatic nitrogens is 1. The van der Waals surface area contributed by atoms with Gasteiger partial charge in [0.25, 0.3) is 0 Å². The minimum Gasteiger partial charge on any atom is -0.506 e. The molecule has 0 aliphatic rings. The first-order chi connectivity index (χ1) is 8.28. The van der Waals surface area contributed by atoms with Crippen LogP contribution in [0.3, 0.4) is 0 Å². The summed E-state index contributed by atoms with van der Waals surface area (Å²) >= 11 is 0. The van der Waals surface area contributed by atoms with E-state index in [2.05, 4.69) is 10.3 Å². The number of aromatic hydroxyl groups is 1. The molecule has 2 aromatic rings. The molecule has 0 fully saturated rings. The molecule has 17 heavy (non-hydrogen) atoms. The van der Waals surface area contributed by atoms with Crippen LogP contribution in [0.1, 0.15) is 11.3 Å². The number of hydrogen-bond acceptors (Lipinski definition) is 4. The van der Waals surface area contributed by atoms with E-state index in [9.17, 15) is 0 Å². The molecule has 0 amide bonds. The molecular weight excluding hydrogens is 216 g/mol. The van der Waals surface area contributed by atoms with E-state index in [1.807, 2.05) is 24.3 Å². The molecule has 0 saturated carbocycles. The van der Waals surface area contributed by atoms with Crippen LogP contribution in [-0.4, -0.2) is 15.2 Å². The molecule has 1 heterocycles. The van der Waals surface area contributed by atoms with Crippen LogP contribution in [0, 0.1) is 0 Å². The van der Waals surface area contributed by atoms with Crippen LogP contribution in [0.25, 0.3) is 0 Å². The maximum Gasteiger partial charge on any atom is 0.133 e. The maximum atomic E-state index is 9.10. The number of anilines is 1. The number of nitrogens with zero attached hydrogens (tertiary/aromatic N) is 1. The molecule has 4 nitrogen and oxygen atoms in total. The molecule has 0 unspecified atom stereocenters. The summed E-state index contributed by atoms with van der Waals surface area (Å²) in [6.45, 7) is 0.613. The van der Waals surface area contributed by atoms with E-state index in [0.29, 0.717) is 6.54 Å². The normalized spacial score (nSPS) is 10.2. The van der Waals surface area contributed by atoms with E-state index in [1.54, 1.807) is 12.1 Å². The predicted molar refractivity (Wildman–Crippen MR) is 65.6 cm³/mol. The molecule has 0 bridgehead atoms. The van der Waals surface area contributed by atoms with Gasteiger partial charge in [-0.15, -0.1) is 0 Å². The number of aliphatic hydroxyl groups excluding tert-OH is 1. The Bertz CT molecular complexity index is 483. The Hall–Kier alpha value is -2.07. The van der Waals surface area contributed by atoms with Gasteiger partial charge in [0.05, 0.1) is 25.0 Å². The molecule has 0 saturated heterocycles. The van der Waals surface area contributed by atoms with Crippen LogP contribution in [-0.2, 0) is 13.2 Å². The van der Waals surface area contributed by atoms with E-state index in [1.165, 1.54) is 6.20 Å². The fourth-order valence-corrected chi connectivity index (χ4v) is 1.49. The van der Waals surface area contributed by atoms with Gasteiger partial charge in [0.15, 0.2) is 0 Å². The molecule has 0 atom stereocenters. The second-order valence-electron chi connectivity index (χ2n) is 3.72. The van der Waals surface area contributed by atoms with Crippen LogP contribution in [0.15, 0.2) is 42.6 Å². The second kappa shape index (κ2) is 5.32. The van der Waals surface area contributed by atoms with E-state index in [4.69, 9.17) is 10.2 Å². The summed E-state index contributed by atoms with van der Waals surface area (Å²) in [6.07, 6.45) is 1.42. The highest BCUT2D eigenvalue weighted by Gasteiger charge is 1.97. The number of aliphatic hydroxyl groups is 1. The van der Waals surface area contributed by atoms with Crippen molar-refractivity contribution in [2.45, 2.75) is 13.2 Å². The summed E-state index contributed by atoms with van der Waals surface area (Å²) in [4.78, 5) is 4.07. The van der Waals surface area contributed by atoms with Crippen LogP contribution in [0.5, 0.6) is 5.75 Å². The van der Waals surface area contributed by atoms with Crippen LogP contribution in [0.2, 0.25) is 0 Å². The summed E-state index contributed by atoms with van der Waals surface area (Å²) in [7, 11) is 0. The highest BCUT2D eigenvalue weighted by molar-refractivity contribution is 5.45. The van der Waals surface area contributed by atoms with Gasteiger partial charge >= 0.3 is 0 Å². The molecular formula is C13H14N2O2. The van der Waals surface area contributed by atoms with Gasteiger partial charge in [-0.2, -0.15) is 0 Å². The van der Waals surface area contributed by atoms with Gasteiger partial charge in [-0.25, -0.2) is 0 Å². The Kier molecular flexibility index (Phi) is 3.57. The maximum absolute atomic E-state index is 9.10. The van der Waals surface area contributed by atoms with E-state index < -0.39 is 0 Å². The van der Waals surface area contributed by atoms with Crippen molar-refractivity contribution >= 4 is 5.69 Å². The first-order valence-electron chi connectivity index (χ1n) is 5.35. The minimum atomic E-state index is 0.0347. The van der Waals surface area contributed by atoms with Crippen molar-refractivity contribution in [3.63, 3.8) is 0 Å². The Morgan fingerprint density at radius 3 is 2.76 bits per heavy atom. The highest BCUT2D eigenvalue weighted by Crippen LogP contribution is 2.12. The minimum absolute atomic E-state index is 0.0347. The summed E-state index contributed by atoms with van der Waals surface area (Å²) in [5, 5.41) is 21.3. The zero-order valence-corrected chi connectivity index (χ0v) is 9.30. The molecule has 2 rings (SSSR count). The summed E-state index contributed by atoms with van der Waals surface area (Å²) in [6, 6.07) is 10.9. The van der Waals surface area contributed by atoms with Crippen molar-refractivity contribution in [2.24, 2.45) is 0 Å².